The van der Waals surface area contributed by atoms with Gasteiger partial charge in [0.15, 0.2) is 6.61 Å². The summed E-state index contributed by atoms with van der Waals surface area (Å²) in [6.45, 7) is 0.0185. The topological polar surface area (TPSA) is 108 Å². The van der Waals surface area contributed by atoms with Gasteiger partial charge in [-0.15, -0.1) is 10.2 Å². The molecule has 3 rings (SSSR count). The van der Waals surface area contributed by atoms with Crippen LogP contribution in [0.2, 0.25) is 10.0 Å². The van der Waals surface area contributed by atoms with E-state index in [-0.39, 0.29) is 29.4 Å². The second-order valence-electron chi connectivity index (χ2n) is 6.14. The lowest BCUT2D eigenvalue weighted by atomic mass is 10.2. The van der Waals surface area contributed by atoms with Crippen molar-refractivity contribution in [3.63, 3.8) is 0 Å². The van der Waals surface area contributed by atoms with E-state index in [1.54, 1.807) is 37.4 Å². The summed E-state index contributed by atoms with van der Waals surface area (Å²) in [6, 6.07) is 8.34. The van der Waals surface area contributed by atoms with Crippen LogP contribution >= 0.6 is 50.9 Å². The highest BCUT2D eigenvalue weighted by Crippen LogP contribution is 2.32. The molecule has 1 amide bonds. The van der Waals surface area contributed by atoms with E-state index in [1.807, 2.05) is 0 Å². The van der Waals surface area contributed by atoms with Crippen molar-refractivity contribution in [1.29, 1.82) is 0 Å². The van der Waals surface area contributed by atoms with E-state index < -0.39 is 0 Å². The molecule has 0 saturated heterocycles. The van der Waals surface area contributed by atoms with Crippen molar-refractivity contribution < 1.29 is 23.4 Å². The number of nitrogens with one attached hydrogen (secondary N) is 1. The molecule has 0 saturated carbocycles. The van der Waals surface area contributed by atoms with Crippen molar-refractivity contribution in [2.45, 2.75) is 11.8 Å². The molecule has 0 aliphatic heterocycles. The van der Waals surface area contributed by atoms with Crippen molar-refractivity contribution in [1.82, 2.24) is 15.6 Å². The van der Waals surface area contributed by atoms with Crippen LogP contribution in [0.1, 0.15) is 11.5 Å². The second kappa shape index (κ2) is 12.1. The molecular weight excluding hydrogens is 559 g/mol. The Bertz CT molecular complexity index is 1160. The summed E-state index contributed by atoms with van der Waals surface area (Å²) in [7, 11) is 3.09. The average Bonchev–Trinajstić information content (AvgIpc) is 3.25. The van der Waals surface area contributed by atoms with Gasteiger partial charge < -0.3 is 18.6 Å². The molecule has 1 aromatic heterocycles. The molecule has 0 unspecified atom stereocenters. The molecule has 0 aliphatic rings. The van der Waals surface area contributed by atoms with Crippen LogP contribution in [0.25, 0.3) is 0 Å². The number of methoxy groups -OCH3 is 2. The van der Waals surface area contributed by atoms with Crippen molar-refractivity contribution in [2.24, 2.45) is 5.10 Å². The highest BCUT2D eigenvalue weighted by atomic mass is 79.9. The number of carbonyl (C=O) groups is 1. The molecule has 3 aromatic rings. The first-order valence-corrected chi connectivity index (χ1v) is 11.7. The van der Waals surface area contributed by atoms with E-state index in [1.165, 1.54) is 13.3 Å². The number of thioether (sulfide) groups is 1. The van der Waals surface area contributed by atoms with Gasteiger partial charge in [0.2, 0.25) is 0 Å². The number of rotatable bonds is 10. The Morgan fingerprint density at radius 2 is 1.97 bits per heavy atom. The smallest absolute Gasteiger partial charge is 0.277 e. The summed E-state index contributed by atoms with van der Waals surface area (Å²) in [5.41, 5.74) is 3.09. The summed E-state index contributed by atoms with van der Waals surface area (Å²) in [5.74, 6) is 1.50. The van der Waals surface area contributed by atoms with Crippen molar-refractivity contribution in [2.75, 3.05) is 20.0 Å². The number of nitrogens with zero attached hydrogens (tertiary/aromatic N) is 3. The minimum absolute atomic E-state index is 0.0185. The van der Waals surface area contributed by atoms with Gasteiger partial charge in [-0.3, -0.25) is 4.79 Å². The van der Waals surface area contributed by atoms with Crippen LogP contribution in [0.4, 0.5) is 0 Å². The van der Waals surface area contributed by atoms with Gasteiger partial charge in [0, 0.05) is 16.7 Å². The molecule has 0 fully saturated rings. The molecule has 9 nitrogen and oxygen atoms in total. The van der Waals surface area contributed by atoms with Crippen LogP contribution < -0.4 is 19.6 Å². The standard InChI is InChI=1S/C20H17BrCl2N4O5S/c1-29-16-7-17(30-2)13(21)5-11(16)8-24-25-18(28)10-33-20-27-26-19(32-20)9-31-15-4-3-12(22)6-14(15)23/h3-8H,9-10H2,1-2H3,(H,25,28)/b24-8-. The minimum atomic E-state index is -0.355. The third kappa shape index (κ3) is 7.26. The molecule has 0 atom stereocenters. The van der Waals surface area contributed by atoms with Crippen LogP contribution in [0.3, 0.4) is 0 Å². The molecule has 0 bridgehead atoms. The molecule has 0 spiro atoms. The van der Waals surface area contributed by atoms with E-state index in [0.717, 1.165) is 16.2 Å². The van der Waals surface area contributed by atoms with Gasteiger partial charge in [-0.05, 0) is 40.2 Å². The summed E-state index contributed by atoms with van der Waals surface area (Å²) < 4.78 is 22.2. The summed E-state index contributed by atoms with van der Waals surface area (Å²) in [6.07, 6.45) is 1.47. The molecule has 1 heterocycles. The average molecular weight is 576 g/mol. The van der Waals surface area contributed by atoms with Crippen molar-refractivity contribution >= 4 is 63.0 Å². The molecular formula is C20H17BrCl2N4O5S. The number of carbonyl (C=O) groups excluding carboxylic acids is 1. The molecule has 0 radical (unpaired) electrons. The first kappa shape index (κ1) is 25.2. The maximum Gasteiger partial charge on any atom is 0.277 e. The van der Waals surface area contributed by atoms with Crippen LogP contribution in [0.5, 0.6) is 17.2 Å². The van der Waals surface area contributed by atoms with Crippen LogP contribution in [0, 0.1) is 0 Å². The van der Waals surface area contributed by atoms with E-state index >= 15 is 0 Å². The van der Waals surface area contributed by atoms with Gasteiger partial charge in [-0.25, -0.2) is 5.43 Å². The SMILES string of the molecule is COc1cc(OC)c(/C=N\NC(=O)CSc2nnc(COc3ccc(Cl)cc3Cl)o2)cc1Br. The van der Waals surface area contributed by atoms with Gasteiger partial charge in [-0.2, -0.15) is 5.10 Å². The fourth-order valence-electron chi connectivity index (χ4n) is 2.40. The molecule has 174 valence electrons. The van der Waals surface area contributed by atoms with Crippen LogP contribution in [-0.4, -0.2) is 42.3 Å². The Kier molecular flexibility index (Phi) is 9.24. The van der Waals surface area contributed by atoms with Gasteiger partial charge in [0.1, 0.15) is 17.2 Å². The summed E-state index contributed by atoms with van der Waals surface area (Å²) in [5, 5.41) is 12.8. The molecule has 33 heavy (non-hydrogen) atoms. The number of aromatic nitrogens is 2. The van der Waals surface area contributed by atoms with Crippen LogP contribution in [-0.2, 0) is 11.4 Å². The lowest BCUT2D eigenvalue weighted by molar-refractivity contribution is -0.118. The third-order valence-electron chi connectivity index (χ3n) is 3.92. The first-order chi connectivity index (χ1) is 15.9. The number of amides is 1. The van der Waals surface area contributed by atoms with Gasteiger partial charge >= 0.3 is 0 Å². The summed E-state index contributed by atoms with van der Waals surface area (Å²) in [4.78, 5) is 12.1. The number of hydrogen-bond donors (Lipinski definition) is 1. The number of benzene rings is 2. The quantitative estimate of drug-likeness (QED) is 0.205. The fraction of sp³-hybridized carbons (Fsp3) is 0.200. The lowest BCUT2D eigenvalue weighted by Crippen LogP contribution is -2.19. The zero-order valence-corrected chi connectivity index (χ0v) is 21.2. The van der Waals surface area contributed by atoms with E-state index in [9.17, 15) is 4.79 Å². The monoisotopic (exact) mass is 574 g/mol. The Labute approximate surface area is 211 Å². The predicted molar refractivity (Wildman–Crippen MR) is 129 cm³/mol. The van der Waals surface area contributed by atoms with Crippen molar-refractivity contribution in [3.05, 3.63) is 56.3 Å². The maximum absolute atomic E-state index is 12.1. The van der Waals surface area contributed by atoms with E-state index in [0.29, 0.717) is 32.9 Å². The first-order valence-electron chi connectivity index (χ1n) is 9.16. The minimum Gasteiger partial charge on any atom is -0.496 e. The maximum atomic E-state index is 12.1. The molecule has 13 heteroatoms. The Morgan fingerprint density at radius 1 is 1.18 bits per heavy atom. The van der Waals surface area contributed by atoms with Gasteiger partial charge in [0.05, 0.1) is 35.7 Å². The third-order valence-corrected chi connectivity index (χ3v) is 5.89. The fourth-order valence-corrected chi connectivity index (χ4v) is 3.96. The zero-order chi connectivity index (χ0) is 23.8. The zero-order valence-electron chi connectivity index (χ0n) is 17.3. The number of hydrogen-bond acceptors (Lipinski definition) is 9. The van der Waals surface area contributed by atoms with Gasteiger partial charge in [0.25, 0.3) is 17.0 Å². The normalized spacial score (nSPS) is 10.9. The lowest BCUT2D eigenvalue weighted by Gasteiger charge is -2.09. The highest BCUT2D eigenvalue weighted by molar-refractivity contribution is 9.10. The number of hydrazone groups is 1. The predicted octanol–water partition coefficient (Wildman–Crippen LogP) is 4.98. The van der Waals surface area contributed by atoms with Gasteiger partial charge in [-0.1, -0.05) is 35.0 Å². The van der Waals surface area contributed by atoms with E-state index in [4.69, 9.17) is 41.8 Å². The Balaban J connectivity index is 1.48. The van der Waals surface area contributed by atoms with E-state index in [2.05, 4.69) is 36.7 Å². The molecule has 2 aromatic carbocycles. The molecule has 0 aliphatic carbocycles. The van der Waals surface area contributed by atoms with Crippen molar-refractivity contribution in [3.8, 4) is 17.2 Å². The number of ether oxygens (including phenoxy) is 3. The Hall–Kier alpha value is -2.47. The largest absolute Gasteiger partial charge is 0.496 e. The molecule has 1 N–H and O–H groups in total. The van der Waals surface area contributed by atoms with Crippen LogP contribution in [0.15, 0.2) is 49.5 Å². The number of halogens is 3. The highest BCUT2D eigenvalue weighted by Gasteiger charge is 2.12. The second-order valence-corrected chi connectivity index (χ2v) is 8.76. The summed E-state index contributed by atoms with van der Waals surface area (Å²) >= 11 is 16.4. The Morgan fingerprint density at radius 3 is 2.70 bits per heavy atom.